The van der Waals surface area contributed by atoms with E-state index in [1.165, 1.54) is 0 Å². The van der Waals surface area contributed by atoms with Crippen LogP contribution in [-0.2, 0) is 17.8 Å². The zero-order chi connectivity index (χ0) is 18.5. The van der Waals surface area contributed by atoms with Gasteiger partial charge in [0, 0.05) is 25.6 Å². The summed E-state index contributed by atoms with van der Waals surface area (Å²) in [5.41, 5.74) is 9.35. The van der Waals surface area contributed by atoms with Crippen molar-refractivity contribution in [2.24, 2.45) is 11.7 Å². The molecule has 0 fully saturated rings. The fraction of sp³-hybridized carbons (Fsp3) is 0.333. The van der Waals surface area contributed by atoms with Gasteiger partial charge < -0.3 is 15.6 Å². The number of imidazole rings is 1. The van der Waals surface area contributed by atoms with Crippen LogP contribution in [0.1, 0.15) is 31.3 Å². The second-order valence-electron chi connectivity index (χ2n) is 6.53. The zero-order valence-corrected chi connectivity index (χ0v) is 15.4. The summed E-state index contributed by atoms with van der Waals surface area (Å²) in [5.74, 6) is 0.678. The lowest BCUT2D eigenvalue weighted by Crippen LogP contribution is -2.36. The Bertz CT molecular complexity index is 872. The molecule has 0 spiro atoms. The summed E-state index contributed by atoms with van der Waals surface area (Å²) in [6.07, 6.45) is 0.696. The molecule has 0 saturated carbocycles. The van der Waals surface area contributed by atoms with E-state index in [0.717, 1.165) is 29.0 Å². The monoisotopic (exact) mass is 350 g/mol. The van der Waals surface area contributed by atoms with Gasteiger partial charge in [-0.15, -0.1) is 0 Å². The maximum absolute atomic E-state index is 12.5. The van der Waals surface area contributed by atoms with Crippen molar-refractivity contribution in [3.05, 3.63) is 66.0 Å². The van der Waals surface area contributed by atoms with Crippen LogP contribution in [0.15, 0.2) is 54.6 Å². The van der Waals surface area contributed by atoms with Crippen molar-refractivity contribution < 1.29 is 4.79 Å². The van der Waals surface area contributed by atoms with Crippen molar-refractivity contribution in [3.63, 3.8) is 0 Å². The molecule has 1 heterocycles. The van der Waals surface area contributed by atoms with Gasteiger partial charge in [0.15, 0.2) is 0 Å². The first-order chi connectivity index (χ1) is 12.6. The number of fused-ring (bicyclic) bond motifs is 1. The number of aryl methyl sites for hydroxylation is 1. The molecule has 0 bridgehead atoms. The highest BCUT2D eigenvalue weighted by atomic mass is 16.1. The maximum atomic E-state index is 12.5. The number of aromatic nitrogens is 2. The van der Waals surface area contributed by atoms with Gasteiger partial charge in [0.1, 0.15) is 5.82 Å². The SMILES string of the molecule is CCn1c(CCNC(=O)C(C)C(N)c2ccccc2)nc2ccccc21. The molecular formula is C21H26N4O. The van der Waals surface area contributed by atoms with Crippen molar-refractivity contribution in [1.82, 2.24) is 14.9 Å². The fourth-order valence-electron chi connectivity index (χ4n) is 3.25. The first kappa shape index (κ1) is 18.1. The van der Waals surface area contributed by atoms with Gasteiger partial charge in [0.05, 0.1) is 17.0 Å². The molecule has 1 aromatic heterocycles. The normalized spacial score (nSPS) is 13.5. The number of benzene rings is 2. The standard InChI is InChI=1S/C21H26N4O/c1-3-25-18-12-8-7-11-17(18)24-19(25)13-14-23-21(26)15(2)20(22)16-9-5-4-6-10-16/h4-12,15,20H,3,13-14,22H2,1-2H3,(H,23,26). The van der Waals surface area contributed by atoms with E-state index >= 15 is 0 Å². The Labute approximate surface area is 154 Å². The molecule has 3 rings (SSSR count). The Morgan fingerprint density at radius 1 is 1.15 bits per heavy atom. The summed E-state index contributed by atoms with van der Waals surface area (Å²) in [6.45, 7) is 5.39. The lowest BCUT2D eigenvalue weighted by molar-refractivity contribution is -0.125. The largest absolute Gasteiger partial charge is 0.355 e. The number of carbonyl (C=O) groups is 1. The van der Waals surface area contributed by atoms with Crippen LogP contribution in [0.2, 0.25) is 0 Å². The van der Waals surface area contributed by atoms with Gasteiger partial charge in [-0.1, -0.05) is 49.4 Å². The van der Waals surface area contributed by atoms with E-state index in [1.54, 1.807) is 0 Å². The van der Waals surface area contributed by atoms with Gasteiger partial charge in [0.2, 0.25) is 5.91 Å². The van der Waals surface area contributed by atoms with Crippen molar-refractivity contribution in [3.8, 4) is 0 Å². The average Bonchev–Trinajstić information content (AvgIpc) is 3.04. The summed E-state index contributed by atoms with van der Waals surface area (Å²) in [4.78, 5) is 17.2. The third-order valence-electron chi connectivity index (χ3n) is 4.83. The second kappa shape index (κ2) is 8.15. The lowest BCUT2D eigenvalue weighted by Gasteiger charge is -2.19. The number of rotatable bonds is 7. The van der Waals surface area contributed by atoms with Gasteiger partial charge >= 0.3 is 0 Å². The summed E-state index contributed by atoms with van der Waals surface area (Å²) >= 11 is 0. The molecule has 2 aromatic carbocycles. The molecule has 0 saturated heterocycles. The van der Waals surface area contributed by atoms with Crippen LogP contribution >= 0.6 is 0 Å². The zero-order valence-electron chi connectivity index (χ0n) is 15.4. The molecular weight excluding hydrogens is 324 g/mol. The van der Waals surface area contributed by atoms with Crippen LogP contribution in [0.3, 0.4) is 0 Å². The summed E-state index contributed by atoms with van der Waals surface area (Å²) in [6, 6.07) is 17.5. The topological polar surface area (TPSA) is 72.9 Å². The second-order valence-corrected chi connectivity index (χ2v) is 6.53. The number of para-hydroxylation sites is 2. The number of hydrogen-bond acceptors (Lipinski definition) is 3. The predicted octanol–water partition coefficient (Wildman–Crippen LogP) is 3.05. The third-order valence-corrected chi connectivity index (χ3v) is 4.83. The average molecular weight is 350 g/mol. The highest BCUT2D eigenvalue weighted by Gasteiger charge is 2.21. The molecule has 2 unspecified atom stereocenters. The number of amides is 1. The molecule has 0 radical (unpaired) electrons. The number of hydrogen-bond donors (Lipinski definition) is 2. The smallest absolute Gasteiger partial charge is 0.224 e. The molecule has 2 atom stereocenters. The van der Waals surface area contributed by atoms with E-state index in [9.17, 15) is 4.79 Å². The van der Waals surface area contributed by atoms with Gasteiger partial charge in [-0.25, -0.2) is 4.98 Å². The van der Waals surface area contributed by atoms with Crippen LogP contribution in [0.25, 0.3) is 11.0 Å². The van der Waals surface area contributed by atoms with Crippen LogP contribution in [-0.4, -0.2) is 22.0 Å². The van der Waals surface area contributed by atoms with E-state index in [2.05, 4.69) is 22.9 Å². The van der Waals surface area contributed by atoms with E-state index in [1.807, 2.05) is 55.5 Å². The highest BCUT2D eigenvalue weighted by Crippen LogP contribution is 2.19. The van der Waals surface area contributed by atoms with Crippen molar-refractivity contribution >= 4 is 16.9 Å². The molecule has 0 aliphatic rings. The predicted molar refractivity (Wildman–Crippen MR) is 105 cm³/mol. The van der Waals surface area contributed by atoms with E-state index in [-0.39, 0.29) is 17.9 Å². The minimum absolute atomic E-state index is 0.0273. The van der Waals surface area contributed by atoms with Gasteiger partial charge in [0.25, 0.3) is 0 Å². The van der Waals surface area contributed by atoms with Crippen LogP contribution in [0.5, 0.6) is 0 Å². The molecule has 0 aliphatic heterocycles. The number of nitrogens with zero attached hydrogens (tertiary/aromatic N) is 2. The Morgan fingerprint density at radius 2 is 1.85 bits per heavy atom. The molecule has 3 N–H and O–H groups in total. The van der Waals surface area contributed by atoms with E-state index < -0.39 is 0 Å². The van der Waals surface area contributed by atoms with Crippen molar-refractivity contribution in [2.75, 3.05) is 6.54 Å². The minimum Gasteiger partial charge on any atom is -0.355 e. The third kappa shape index (κ3) is 3.78. The molecule has 136 valence electrons. The van der Waals surface area contributed by atoms with Gasteiger partial charge in [-0.2, -0.15) is 0 Å². The molecule has 0 aliphatic carbocycles. The lowest BCUT2D eigenvalue weighted by atomic mass is 9.95. The van der Waals surface area contributed by atoms with Gasteiger partial charge in [-0.3, -0.25) is 4.79 Å². The maximum Gasteiger partial charge on any atom is 0.224 e. The van der Waals surface area contributed by atoms with Crippen molar-refractivity contribution in [1.29, 1.82) is 0 Å². The number of nitrogens with one attached hydrogen (secondary N) is 1. The Hall–Kier alpha value is -2.66. The quantitative estimate of drug-likeness (QED) is 0.688. The van der Waals surface area contributed by atoms with E-state index in [0.29, 0.717) is 13.0 Å². The molecule has 5 heteroatoms. The Morgan fingerprint density at radius 3 is 2.58 bits per heavy atom. The minimum atomic E-state index is -0.309. The summed E-state index contributed by atoms with van der Waals surface area (Å²) < 4.78 is 2.20. The van der Waals surface area contributed by atoms with Crippen LogP contribution in [0.4, 0.5) is 0 Å². The molecule has 3 aromatic rings. The van der Waals surface area contributed by atoms with Crippen molar-refractivity contribution in [2.45, 2.75) is 32.9 Å². The highest BCUT2D eigenvalue weighted by molar-refractivity contribution is 5.79. The molecule has 5 nitrogen and oxygen atoms in total. The molecule has 26 heavy (non-hydrogen) atoms. The van der Waals surface area contributed by atoms with Crippen LogP contribution in [0, 0.1) is 5.92 Å². The number of carbonyl (C=O) groups excluding carboxylic acids is 1. The first-order valence-corrected chi connectivity index (χ1v) is 9.14. The summed E-state index contributed by atoms with van der Waals surface area (Å²) in [5, 5.41) is 3.00. The Balaban J connectivity index is 1.60. The van der Waals surface area contributed by atoms with Gasteiger partial charge in [-0.05, 0) is 24.6 Å². The first-order valence-electron chi connectivity index (χ1n) is 9.14. The van der Waals surface area contributed by atoms with Crippen LogP contribution < -0.4 is 11.1 Å². The molecule has 1 amide bonds. The fourth-order valence-corrected chi connectivity index (χ4v) is 3.25. The Kier molecular flexibility index (Phi) is 5.68. The summed E-state index contributed by atoms with van der Waals surface area (Å²) in [7, 11) is 0. The van der Waals surface area contributed by atoms with E-state index in [4.69, 9.17) is 10.7 Å². The number of nitrogens with two attached hydrogens (primary N) is 1.